The molecular weight excluding hydrogens is 688 g/mol. The van der Waals surface area contributed by atoms with E-state index >= 15 is 0 Å². The average molecular weight is 737 g/mol. The second-order valence-electron chi connectivity index (χ2n) is 12.5. The third-order valence-corrected chi connectivity index (χ3v) is 9.68. The minimum atomic E-state index is -1.23. The molecule has 0 bridgehead atoms. The summed E-state index contributed by atoms with van der Waals surface area (Å²) in [5.74, 6) is -1.89. The van der Waals surface area contributed by atoms with E-state index in [1.54, 1.807) is 72.4 Å². The van der Waals surface area contributed by atoms with Crippen LogP contribution in [-0.2, 0) is 42.7 Å². The smallest absolute Gasteiger partial charge is 0.338 e. The van der Waals surface area contributed by atoms with Crippen molar-refractivity contribution in [2.45, 2.75) is 99.7 Å². The zero-order chi connectivity index (χ0) is 36.7. The third-order valence-electron chi connectivity index (χ3n) is 8.53. The van der Waals surface area contributed by atoms with Crippen molar-refractivity contribution in [1.82, 2.24) is 0 Å². The summed E-state index contributed by atoms with van der Waals surface area (Å²) in [5, 5.41) is 0. The van der Waals surface area contributed by atoms with Crippen molar-refractivity contribution in [3.63, 3.8) is 0 Å². The zero-order valence-electron chi connectivity index (χ0n) is 29.8. The number of carbonyl (C=O) groups excluding carboxylic acids is 3. The van der Waals surface area contributed by atoms with E-state index in [9.17, 15) is 14.4 Å². The molecule has 11 nitrogen and oxygen atoms in total. The van der Waals surface area contributed by atoms with Gasteiger partial charge in [0.25, 0.3) is 0 Å². The molecule has 0 N–H and O–H groups in total. The van der Waals surface area contributed by atoms with Crippen LogP contribution in [0, 0.1) is 0 Å². The van der Waals surface area contributed by atoms with E-state index in [-0.39, 0.29) is 24.3 Å². The molecule has 0 aromatic heterocycles. The molecule has 8 atom stereocenters. The number of rotatable bonds is 19. The van der Waals surface area contributed by atoms with Gasteiger partial charge in [0, 0.05) is 25.0 Å². The van der Waals surface area contributed by atoms with E-state index in [2.05, 4.69) is 13.8 Å². The molecule has 2 aliphatic heterocycles. The Hall–Kier alpha value is -3.78. The van der Waals surface area contributed by atoms with Crippen molar-refractivity contribution in [1.29, 1.82) is 0 Å². The lowest BCUT2D eigenvalue weighted by atomic mass is 10.1. The summed E-state index contributed by atoms with van der Waals surface area (Å²) in [6.45, 7) is 6.23. The first kappa shape index (κ1) is 39.4. The van der Waals surface area contributed by atoms with Gasteiger partial charge < -0.3 is 37.9 Å². The summed E-state index contributed by atoms with van der Waals surface area (Å²) in [4.78, 5) is 39.7. The molecule has 280 valence electrons. The Bertz CT molecular complexity index is 1530. The summed E-state index contributed by atoms with van der Waals surface area (Å²) in [6.07, 6.45) is -2.42. The lowest BCUT2D eigenvalue weighted by Gasteiger charge is -2.27. The number of hydrogen-bond donors (Lipinski definition) is 0. The minimum absolute atomic E-state index is 0.0278. The fourth-order valence-corrected chi connectivity index (χ4v) is 6.96. The van der Waals surface area contributed by atoms with E-state index in [1.165, 1.54) is 6.92 Å². The average Bonchev–Trinajstić information content (AvgIpc) is 3.66. The maximum absolute atomic E-state index is 13.4. The molecule has 12 heteroatoms. The summed E-state index contributed by atoms with van der Waals surface area (Å²) < 4.78 is 49.4. The molecule has 0 aliphatic carbocycles. The number of hydrogen-bond acceptors (Lipinski definition) is 12. The maximum atomic E-state index is 13.4. The van der Waals surface area contributed by atoms with Crippen LogP contribution in [0.3, 0.4) is 0 Å². The summed E-state index contributed by atoms with van der Waals surface area (Å²) in [7, 11) is 0. The van der Waals surface area contributed by atoms with Crippen LogP contribution in [0.4, 0.5) is 0 Å². The van der Waals surface area contributed by atoms with Gasteiger partial charge in [-0.1, -0.05) is 93.0 Å². The van der Waals surface area contributed by atoms with Crippen LogP contribution < -0.4 is 0 Å². The Labute approximate surface area is 309 Å². The molecule has 52 heavy (non-hydrogen) atoms. The molecule has 2 fully saturated rings. The molecular formula is C40H48O11S. The van der Waals surface area contributed by atoms with Gasteiger partial charge in [-0.2, -0.15) is 0 Å². The molecule has 2 heterocycles. The first-order valence-corrected chi connectivity index (χ1v) is 18.8. The molecule has 2 saturated heterocycles. The maximum Gasteiger partial charge on any atom is 0.338 e. The number of ether oxygens (including phenoxy) is 8. The van der Waals surface area contributed by atoms with Crippen LogP contribution in [0.2, 0.25) is 0 Å². The fraction of sp³-hybridized carbons (Fsp3) is 0.475. The molecule has 3 aromatic rings. The normalized spacial score (nSPS) is 25.4. The first-order chi connectivity index (χ1) is 25.4. The van der Waals surface area contributed by atoms with Crippen LogP contribution in [0.25, 0.3) is 0 Å². The molecule has 2 aliphatic rings. The monoisotopic (exact) mass is 736 g/mol. The van der Waals surface area contributed by atoms with Crippen molar-refractivity contribution >= 4 is 29.7 Å². The van der Waals surface area contributed by atoms with Gasteiger partial charge in [-0.05, 0) is 49.2 Å². The largest absolute Gasteiger partial charge is 0.463 e. The Morgan fingerprint density at radius 3 is 1.69 bits per heavy atom. The number of thioether (sulfide) groups is 1. The van der Waals surface area contributed by atoms with E-state index in [4.69, 9.17) is 37.9 Å². The quantitative estimate of drug-likeness (QED) is 0.0745. The number of carbonyl (C=O) groups is 3. The van der Waals surface area contributed by atoms with E-state index in [0.717, 1.165) is 30.6 Å². The molecule has 0 saturated carbocycles. The second kappa shape index (κ2) is 20.5. The highest BCUT2D eigenvalue weighted by Gasteiger charge is 2.53. The fourth-order valence-electron chi connectivity index (χ4n) is 5.81. The van der Waals surface area contributed by atoms with Crippen molar-refractivity contribution in [2.75, 3.05) is 26.4 Å². The predicted molar refractivity (Wildman–Crippen MR) is 193 cm³/mol. The highest BCUT2D eigenvalue weighted by atomic mass is 32.2. The molecule has 0 radical (unpaired) electrons. The van der Waals surface area contributed by atoms with Crippen LogP contribution in [0.1, 0.15) is 67.2 Å². The lowest BCUT2D eigenvalue weighted by Crippen LogP contribution is -2.44. The standard InChI is InChI=1S/C40H48O11S/c1-4-6-23-44-33-31(49-40(36(33)45-24-7-5-2)52-30-21-15-10-16-22-30)26-47-39-35(51-38(43)29-19-13-9-14-20-29)34(32(48-39)25-46-27(3)41)50-37(42)28-17-11-8-12-18-28/h8-22,31-36,39-40H,4-7,23-26H2,1-3H3/t31-,32-,33?,34?,35-,36-,39+,40-/m0/s1. The van der Waals surface area contributed by atoms with E-state index in [0.29, 0.717) is 13.2 Å². The van der Waals surface area contributed by atoms with Crippen molar-refractivity contribution in [2.24, 2.45) is 0 Å². The lowest BCUT2D eigenvalue weighted by molar-refractivity contribution is -0.192. The van der Waals surface area contributed by atoms with E-state index < -0.39 is 66.3 Å². The molecule has 0 amide bonds. The second-order valence-corrected chi connectivity index (χ2v) is 13.7. The number of benzene rings is 3. The molecule has 3 aromatic carbocycles. The zero-order valence-corrected chi connectivity index (χ0v) is 30.7. The molecule has 5 rings (SSSR count). The third kappa shape index (κ3) is 11.1. The SMILES string of the molecule is CCCCOC1[C@H](CO[C@@H]2O[C@@H](COC(C)=O)C(OC(=O)c3ccccc3)[C@@H]2OC(=O)c2ccccc2)O[C@@H](Sc2ccccc2)[C@H]1OCCCC. The predicted octanol–water partition coefficient (Wildman–Crippen LogP) is 6.63. The summed E-state index contributed by atoms with van der Waals surface area (Å²) in [6, 6.07) is 26.8. The summed E-state index contributed by atoms with van der Waals surface area (Å²) >= 11 is 1.55. The highest BCUT2D eigenvalue weighted by Crippen LogP contribution is 2.38. The molecule has 2 unspecified atom stereocenters. The Morgan fingerprint density at radius 2 is 1.13 bits per heavy atom. The number of unbranched alkanes of at least 4 members (excludes halogenated alkanes) is 2. The van der Waals surface area contributed by atoms with Crippen LogP contribution in [0.15, 0.2) is 95.9 Å². The van der Waals surface area contributed by atoms with Gasteiger partial charge in [0.15, 0.2) is 18.5 Å². The van der Waals surface area contributed by atoms with Crippen molar-refractivity contribution in [3.8, 4) is 0 Å². The van der Waals surface area contributed by atoms with Gasteiger partial charge in [0.2, 0.25) is 0 Å². The van der Waals surface area contributed by atoms with Gasteiger partial charge in [-0.3, -0.25) is 4.79 Å². The molecule has 0 spiro atoms. The van der Waals surface area contributed by atoms with Crippen molar-refractivity contribution in [3.05, 3.63) is 102 Å². The van der Waals surface area contributed by atoms with Gasteiger partial charge in [-0.25, -0.2) is 9.59 Å². The number of esters is 3. The highest BCUT2D eigenvalue weighted by molar-refractivity contribution is 7.99. The van der Waals surface area contributed by atoms with Crippen molar-refractivity contribution < 1.29 is 52.3 Å². The van der Waals surface area contributed by atoms with Gasteiger partial charge in [-0.15, -0.1) is 0 Å². The Balaban J connectivity index is 1.40. The van der Waals surface area contributed by atoms with Gasteiger partial charge >= 0.3 is 17.9 Å². The Morgan fingerprint density at radius 1 is 0.615 bits per heavy atom. The Kier molecular flexibility index (Phi) is 15.5. The van der Waals surface area contributed by atoms with Gasteiger partial charge in [0.1, 0.15) is 36.5 Å². The van der Waals surface area contributed by atoms with E-state index in [1.807, 2.05) is 30.3 Å². The first-order valence-electron chi connectivity index (χ1n) is 17.9. The summed E-state index contributed by atoms with van der Waals surface area (Å²) in [5.41, 5.74) is 0.176. The van der Waals surface area contributed by atoms with Crippen LogP contribution >= 0.6 is 11.8 Å². The topological polar surface area (TPSA) is 125 Å². The van der Waals surface area contributed by atoms with Crippen LogP contribution in [0.5, 0.6) is 0 Å². The van der Waals surface area contributed by atoms with Crippen LogP contribution in [-0.4, -0.2) is 92.7 Å². The minimum Gasteiger partial charge on any atom is -0.463 e. The van der Waals surface area contributed by atoms with Gasteiger partial charge in [0.05, 0.1) is 17.7 Å².